The number of hydrogen-bond donors (Lipinski definition) is 1. The van der Waals surface area contributed by atoms with Gasteiger partial charge in [-0.3, -0.25) is 4.99 Å². The van der Waals surface area contributed by atoms with E-state index >= 15 is 0 Å². The molecule has 1 heterocycles. The number of rotatable bonds is 3. The Bertz CT molecular complexity index is 364. The van der Waals surface area contributed by atoms with Crippen LogP contribution < -0.4 is 5.73 Å². The summed E-state index contributed by atoms with van der Waals surface area (Å²) in [5.41, 5.74) is 6.88. The van der Waals surface area contributed by atoms with Crippen LogP contribution in [0.1, 0.15) is 43.6 Å². The number of amidine groups is 1. The molecule has 1 fully saturated rings. The number of hydrogen-bond acceptors (Lipinski definition) is 3. The first-order valence-corrected chi connectivity index (χ1v) is 5.97. The molecule has 0 saturated heterocycles. The maximum atomic E-state index is 5.99. The van der Waals surface area contributed by atoms with E-state index in [4.69, 9.17) is 10.3 Å². The SMILES string of the molecule is Cc1cc(CN=C(N)C2CCCCC2)on1. The van der Waals surface area contributed by atoms with E-state index in [-0.39, 0.29) is 0 Å². The van der Waals surface area contributed by atoms with Gasteiger partial charge in [0.1, 0.15) is 6.54 Å². The smallest absolute Gasteiger partial charge is 0.158 e. The summed E-state index contributed by atoms with van der Waals surface area (Å²) in [6, 6.07) is 1.90. The van der Waals surface area contributed by atoms with Crippen LogP contribution in [0, 0.1) is 12.8 Å². The summed E-state index contributed by atoms with van der Waals surface area (Å²) < 4.78 is 5.09. The van der Waals surface area contributed by atoms with Crippen molar-refractivity contribution in [3.05, 3.63) is 17.5 Å². The molecular formula is C12H19N3O. The summed E-state index contributed by atoms with van der Waals surface area (Å²) in [5.74, 6) is 2.06. The summed E-state index contributed by atoms with van der Waals surface area (Å²) in [4.78, 5) is 4.39. The Labute approximate surface area is 95.9 Å². The maximum Gasteiger partial charge on any atom is 0.158 e. The molecule has 0 aliphatic heterocycles. The van der Waals surface area contributed by atoms with E-state index in [0.717, 1.165) is 17.3 Å². The quantitative estimate of drug-likeness (QED) is 0.629. The van der Waals surface area contributed by atoms with E-state index in [9.17, 15) is 0 Å². The van der Waals surface area contributed by atoms with Gasteiger partial charge in [0.15, 0.2) is 5.76 Å². The largest absolute Gasteiger partial charge is 0.387 e. The molecule has 1 aliphatic rings. The molecule has 0 unspecified atom stereocenters. The fourth-order valence-corrected chi connectivity index (χ4v) is 2.19. The lowest BCUT2D eigenvalue weighted by Gasteiger charge is -2.20. The van der Waals surface area contributed by atoms with Crippen LogP contribution in [-0.4, -0.2) is 11.0 Å². The molecule has 4 heteroatoms. The van der Waals surface area contributed by atoms with Crippen LogP contribution >= 0.6 is 0 Å². The third-order valence-corrected chi connectivity index (χ3v) is 3.12. The Morgan fingerprint density at radius 3 is 2.88 bits per heavy atom. The zero-order valence-corrected chi connectivity index (χ0v) is 9.78. The minimum absolute atomic E-state index is 0.484. The lowest BCUT2D eigenvalue weighted by molar-refractivity contribution is 0.380. The molecule has 1 aromatic heterocycles. The lowest BCUT2D eigenvalue weighted by Crippen LogP contribution is -2.25. The second-order valence-corrected chi connectivity index (χ2v) is 4.51. The highest BCUT2D eigenvalue weighted by Gasteiger charge is 2.16. The number of aryl methyl sites for hydroxylation is 1. The highest BCUT2D eigenvalue weighted by molar-refractivity contribution is 5.82. The van der Waals surface area contributed by atoms with Crippen molar-refractivity contribution in [1.29, 1.82) is 0 Å². The van der Waals surface area contributed by atoms with Crippen LogP contribution in [-0.2, 0) is 6.54 Å². The Kier molecular flexibility index (Phi) is 3.59. The van der Waals surface area contributed by atoms with Crippen LogP contribution in [0.4, 0.5) is 0 Å². The third kappa shape index (κ3) is 2.84. The molecule has 0 atom stereocenters. The second kappa shape index (κ2) is 5.14. The fraction of sp³-hybridized carbons (Fsp3) is 0.667. The average molecular weight is 221 g/mol. The van der Waals surface area contributed by atoms with E-state index in [1.54, 1.807) is 0 Å². The Balaban J connectivity index is 1.90. The summed E-state index contributed by atoms with van der Waals surface area (Å²) in [7, 11) is 0. The van der Waals surface area contributed by atoms with E-state index < -0.39 is 0 Å². The van der Waals surface area contributed by atoms with Crippen LogP contribution in [0.2, 0.25) is 0 Å². The second-order valence-electron chi connectivity index (χ2n) is 4.51. The molecule has 0 aromatic carbocycles. The van der Waals surface area contributed by atoms with E-state index in [1.807, 2.05) is 13.0 Å². The van der Waals surface area contributed by atoms with Gasteiger partial charge in [-0.2, -0.15) is 0 Å². The molecule has 0 radical (unpaired) electrons. The first kappa shape index (κ1) is 11.2. The monoisotopic (exact) mass is 221 g/mol. The third-order valence-electron chi connectivity index (χ3n) is 3.12. The van der Waals surface area contributed by atoms with Crippen LogP contribution in [0.25, 0.3) is 0 Å². The summed E-state index contributed by atoms with van der Waals surface area (Å²) in [6.07, 6.45) is 6.27. The highest BCUT2D eigenvalue weighted by Crippen LogP contribution is 2.23. The Morgan fingerprint density at radius 2 is 2.25 bits per heavy atom. The number of aliphatic imine (C=N–C) groups is 1. The van der Waals surface area contributed by atoms with Crippen molar-refractivity contribution in [3.8, 4) is 0 Å². The minimum Gasteiger partial charge on any atom is -0.387 e. The predicted octanol–water partition coefficient (Wildman–Crippen LogP) is 2.42. The van der Waals surface area contributed by atoms with Crippen molar-refractivity contribution >= 4 is 5.84 Å². The number of aromatic nitrogens is 1. The summed E-state index contributed by atoms with van der Waals surface area (Å²) >= 11 is 0. The maximum absolute atomic E-state index is 5.99. The molecule has 0 amide bonds. The molecule has 0 bridgehead atoms. The van der Waals surface area contributed by atoms with Crippen molar-refractivity contribution in [3.63, 3.8) is 0 Å². The first-order chi connectivity index (χ1) is 7.75. The van der Waals surface area contributed by atoms with Gasteiger partial charge in [0.2, 0.25) is 0 Å². The molecule has 4 nitrogen and oxygen atoms in total. The molecule has 0 spiro atoms. The van der Waals surface area contributed by atoms with Gasteiger partial charge in [-0.15, -0.1) is 0 Å². The van der Waals surface area contributed by atoms with Gasteiger partial charge in [-0.05, 0) is 19.8 Å². The average Bonchev–Trinajstić information content (AvgIpc) is 2.73. The minimum atomic E-state index is 0.484. The Morgan fingerprint density at radius 1 is 1.50 bits per heavy atom. The van der Waals surface area contributed by atoms with Crippen molar-refractivity contribution in [2.45, 2.75) is 45.6 Å². The van der Waals surface area contributed by atoms with Crippen LogP contribution in [0.5, 0.6) is 0 Å². The first-order valence-electron chi connectivity index (χ1n) is 5.97. The van der Waals surface area contributed by atoms with Gasteiger partial charge < -0.3 is 10.3 Å². The normalized spacial score (nSPS) is 18.9. The van der Waals surface area contributed by atoms with Gasteiger partial charge >= 0.3 is 0 Å². The van der Waals surface area contributed by atoms with E-state index in [0.29, 0.717) is 12.5 Å². The highest BCUT2D eigenvalue weighted by atomic mass is 16.5. The predicted molar refractivity (Wildman–Crippen MR) is 63.1 cm³/mol. The van der Waals surface area contributed by atoms with Gasteiger partial charge in [0, 0.05) is 12.0 Å². The van der Waals surface area contributed by atoms with Crippen molar-refractivity contribution in [2.24, 2.45) is 16.6 Å². The zero-order chi connectivity index (χ0) is 11.4. The molecule has 2 rings (SSSR count). The molecule has 88 valence electrons. The van der Waals surface area contributed by atoms with E-state index in [2.05, 4.69) is 10.1 Å². The topological polar surface area (TPSA) is 64.4 Å². The molecule has 16 heavy (non-hydrogen) atoms. The summed E-state index contributed by atoms with van der Waals surface area (Å²) in [5, 5.41) is 3.82. The van der Waals surface area contributed by atoms with Gasteiger partial charge in [0.25, 0.3) is 0 Å². The van der Waals surface area contributed by atoms with Gasteiger partial charge in [0.05, 0.1) is 11.5 Å². The van der Waals surface area contributed by atoms with E-state index in [1.165, 1.54) is 32.1 Å². The van der Waals surface area contributed by atoms with Crippen molar-refractivity contribution in [1.82, 2.24) is 5.16 Å². The van der Waals surface area contributed by atoms with Crippen LogP contribution in [0.15, 0.2) is 15.6 Å². The molecule has 1 aliphatic carbocycles. The molecule has 1 saturated carbocycles. The fourth-order valence-electron chi connectivity index (χ4n) is 2.19. The molecule has 1 aromatic rings. The van der Waals surface area contributed by atoms with Crippen molar-refractivity contribution < 1.29 is 4.52 Å². The Hall–Kier alpha value is -1.32. The summed E-state index contributed by atoms with van der Waals surface area (Å²) in [6.45, 7) is 2.42. The van der Waals surface area contributed by atoms with Crippen molar-refractivity contribution in [2.75, 3.05) is 0 Å². The zero-order valence-electron chi connectivity index (χ0n) is 9.78. The lowest BCUT2D eigenvalue weighted by atomic mass is 9.88. The standard InChI is InChI=1S/C12H19N3O/c1-9-7-11(16-15-9)8-14-12(13)10-5-3-2-4-6-10/h7,10H,2-6,8H2,1H3,(H2,13,14). The number of nitrogens with two attached hydrogens (primary N) is 1. The molecule has 2 N–H and O–H groups in total. The molecular weight excluding hydrogens is 202 g/mol. The van der Waals surface area contributed by atoms with Gasteiger partial charge in [-0.1, -0.05) is 24.4 Å². The van der Waals surface area contributed by atoms with Gasteiger partial charge in [-0.25, -0.2) is 0 Å². The van der Waals surface area contributed by atoms with Crippen LogP contribution in [0.3, 0.4) is 0 Å². The number of nitrogens with zero attached hydrogens (tertiary/aromatic N) is 2.